The minimum atomic E-state index is -1.70. The minimum Gasteiger partial charge on any atom is -0.383 e. The zero-order valence-electron chi connectivity index (χ0n) is 14.1. The van der Waals surface area contributed by atoms with Gasteiger partial charge in [0, 0.05) is 16.4 Å². The molecule has 0 amide bonds. The zero-order chi connectivity index (χ0) is 19.5. The minimum absolute atomic E-state index is 0.0353. The van der Waals surface area contributed by atoms with E-state index in [1.165, 1.54) is 0 Å². The van der Waals surface area contributed by atoms with Crippen molar-refractivity contribution in [3.05, 3.63) is 45.6 Å². The highest BCUT2D eigenvalue weighted by molar-refractivity contribution is 9.10. The number of halogens is 1. The third-order valence-corrected chi connectivity index (χ3v) is 4.91. The molecular formula is C19H13BrN6. The molecular weight excluding hydrogens is 392 g/mol. The summed E-state index contributed by atoms with van der Waals surface area (Å²) in [5.74, 6) is -0.787. The van der Waals surface area contributed by atoms with Crippen LogP contribution < -0.4 is 5.32 Å². The van der Waals surface area contributed by atoms with E-state index in [1.807, 2.05) is 12.1 Å². The number of allylic oxidation sites excluding steroid dienone is 2. The molecule has 1 aromatic carbocycles. The zero-order valence-corrected chi connectivity index (χ0v) is 15.7. The van der Waals surface area contributed by atoms with Crippen LogP contribution in [0.2, 0.25) is 0 Å². The Labute approximate surface area is 160 Å². The van der Waals surface area contributed by atoms with E-state index in [2.05, 4.69) is 27.3 Å². The lowest BCUT2D eigenvalue weighted by Crippen LogP contribution is -2.31. The second-order valence-electron chi connectivity index (χ2n) is 6.21. The lowest BCUT2D eigenvalue weighted by molar-refractivity contribution is 0.551. The van der Waals surface area contributed by atoms with Crippen LogP contribution in [0.1, 0.15) is 25.3 Å². The maximum atomic E-state index is 10.0. The van der Waals surface area contributed by atoms with E-state index in [0.717, 1.165) is 4.47 Å². The Morgan fingerprint density at radius 2 is 1.69 bits per heavy atom. The van der Waals surface area contributed by atoms with Gasteiger partial charge in [-0.25, -0.2) is 0 Å². The highest BCUT2D eigenvalue weighted by Crippen LogP contribution is 2.76. The molecule has 1 N–H and O–H groups in total. The van der Waals surface area contributed by atoms with Crippen LogP contribution in [0, 0.1) is 67.5 Å². The number of hydrogen-bond donors (Lipinski definition) is 1. The molecule has 7 heteroatoms. The molecule has 0 saturated heterocycles. The van der Waals surface area contributed by atoms with Crippen molar-refractivity contribution in [2.24, 2.45) is 10.8 Å². The number of nitriles is 5. The molecule has 1 aliphatic rings. The molecule has 0 aliphatic heterocycles. The van der Waals surface area contributed by atoms with Gasteiger partial charge < -0.3 is 5.32 Å². The van der Waals surface area contributed by atoms with Gasteiger partial charge in [0.2, 0.25) is 0 Å². The fourth-order valence-corrected chi connectivity index (χ4v) is 3.77. The van der Waals surface area contributed by atoms with Crippen LogP contribution in [-0.4, -0.2) is 6.04 Å². The Hall–Kier alpha value is -3.31. The van der Waals surface area contributed by atoms with E-state index in [1.54, 1.807) is 50.3 Å². The van der Waals surface area contributed by atoms with Crippen molar-refractivity contribution in [2.45, 2.75) is 25.8 Å². The van der Waals surface area contributed by atoms with Crippen molar-refractivity contribution in [1.29, 1.82) is 26.3 Å². The fraction of sp³-hybridized carbons (Fsp3) is 0.316. The summed E-state index contributed by atoms with van der Waals surface area (Å²) in [5, 5.41) is 51.3. The molecule has 6 nitrogen and oxygen atoms in total. The second-order valence-corrected chi connectivity index (χ2v) is 7.13. The molecule has 1 fully saturated rings. The first kappa shape index (κ1) is 19.0. The van der Waals surface area contributed by atoms with Gasteiger partial charge in [-0.3, -0.25) is 0 Å². The molecule has 0 spiro atoms. The van der Waals surface area contributed by atoms with E-state index < -0.39 is 16.7 Å². The molecule has 0 radical (unpaired) electrons. The molecule has 26 heavy (non-hydrogen) atoms. The van der Waals surface area contributed by atoms with E-state index in [0.29, 0.717) is 5.56 Å². The topological polar surface area (TPSA) is 131 Å². The summed E-state index contributed by atoms with van der Waals surface area (Å²) in [5.41, 5.74) is -2.97. The molecule has 2 rings (SSSR count). The van der Waals surface area contributed by atoms with Crippen LogP contribution in [0.3, 0.4) is 0 Å². The van der Waals surface area contributed by atoms with Crippen LogP contribution in [0.4, 0.5) is 0 Å². The van der Waals surface area contributed by atoms with E-state index >= 15 is 0 Å². The number of nitrogens with zero attached hydrogens (tertiary/aromatic N) is 5. The third-order valence-electron chi connectivity index (χ3n) is 4.42. The second kappa shape index (κ2) is 6.90. The maximum absolute atomic E-state index is 10.0. The Morgan fingerprint density at radius 1 is 1.08 bits per heavy atom. The van der Waals surface area contributed by atoms with Crippen molar-refractivity contribution in [2.75, 3.05) is 0 Å². The smallest absolute Gasteiger partial charge is 0.177 e. The van der Waals surface area contributed by atoms with E-state index in [9.17, 15) is 26.3 Å². The van der Waals surface area contributed by atoms with Crippen LogP contribution in [0.5, 0.6) is 0 Å². The van der Waals surface area contributed by atoms with Crippen LogP contribution in [0.15, 0.2) is 40.0 Å². The van der Waals surface area contributed by atoms with Gasteiger partial charge in [-0.05, 0) is 31.5 Å². The summed E-state index contributed by atoms with van der Waals surface area (Å²) < 4.78 is 0.738. The molecule has 1 aliphatic carbocycles. The fourth-order valence-electron chi connectivity index (χ4n) is 3.35. The number of nitrogens with one attached hydrogen (secondary N) is 1. The van der Waals surface area contributed by atoms with Crippen LogP contribution >= 0.6 is 15.9 Å². The van der Waals surface area contributed by atoms with Crippen LogP contribution in [0.25, 0.3) is 0 Å². The Morgan fingerprint density at radius 3 is 2.12 bits per heavy atom. The first-order valence-corrected chi connectivity index (χ1v) is 8.48. The van der Waals surface area contributed by atoms with Gasteiger partial charge in [-0.2, -0.15) is 26.3 Å². The van der Waals surface area contributed by atoms with Crippen molar-refractivity contribution in [3.8, 4) is 30.3 Å². The maximum Gasteiger partial charge on any atom is 0.177 e. The van der Waals surface area contributed by atoms with E-state index in [4.69, 9.17) is 0 Å². The number of hydrogen-bond acceptors (Lipinski definition) is 6. The average molecular weight is 405 g/mol. The normalized spacial score (nSPS) is 21.9. The van der Waals surface area contributed by atoms with Gasteiger partial charge in [-0.15, -0.1) is 0 Å². The predicted octanol–water partition coefficient (Wildman–Crippen LogP) is 3.39. The van der Waals surface area contributed by atoms with Crippen LogP contribution in [-0.2, 0) is 0 Å². The van der Waals surface area contributed by atoms with Gasteiger partial charge in [0.25, 0.3) is 0 Å². The summed E-state index contributed by atoms with van der Waals surface area (Å²) in [4.78, 5) is 0. The number of benzene rings is 1. The summed E-state index contributed by atoms with van der Waals surface area (Å²) in [6.07, 6.45) is 0. The van der Waals surface area contributed by atoms with Gasteiger partial charge >= 0.3 is 0 Å². The molecule has 0 bridgehead atoms. The SMILES string of the molecule is CC(C)NC(=C(C#N)C#N)[C@@]1(C#N)[C@@H](c2cccc(Br)c2)C1(C#N)C#N. The van der Waals surface area contributed by atoms with Crippen molar-refractivity contribution in [3.63, 3.8) is 0 Å². The Bertz CT molecular complexity index is 959. The third kappa shape index (κ3) is 2.50. The Kier molecular flexibility index (Phi) is 5.05. The summed E-state index contributed by atoms with van der Waals surface area (Å²) >= 11 is 3.35. The molecule has 1 saturated carbocycles. The highest BCUT2D eigenvalue weighted by atomic mass is 79.9. The van der Waals surface area contributed by atoms with Crippen molar-refractivity contribution >= 4 is 15.9 Å². The van der Waals surface area contributed by atoms with E-state index in [-0.39, 0.29) is 17.3 Å². The molecule has 0 heterocycles. The summed E-state index contributed by atoms with van der Waals surface area (Å²) in [6.45, 7) is 3.57. The quantitative estimate of drug-likeness (QED) is 0.764. The predicted molar refractivity (Wildman–Crippen MR) is 95.1 cm³/mol. The first-order valence-electron chi connectivity index (χ1n) is 7.69. The Balaban J connectivity index is 2.84. The summed E-state index contributed by atoms with van der Waals surface area (Å²) in [7, 11) is 0. The van der Waals surface area contributed by atoms with Crippen molar-refractivity contribution < 1.29 is 0 Å². The molecule has 126 valence electrons. The number of rotatable bonds is 4. The van der Waals surface area contributed by atoms with Gasteiger partial charge in [0.15, 0.2) is 5.41 Å². The molecule has 0 aromatic heterocycles. The lowest BCUT2D eigenvalue weighted by Gasteiger charge is -2.20. The molecule has 2 atom stereocenters. The highest BCUT2D eigenvalue weighted by Gasteiger charge is 2.83. The van der Waals surface area contributed by atoms with Crippen molar-refractivity contribution in [1.82, 2.24) is 5.32 Å². The monoisotopic (exact) mass is 404 g/mol. The van der Waals surface area contributed by atoms with Gasteiger partial charge in [-0.1, -0.05) is 28.1 Å². The largest absolute Gasteiger partial charge is 0.383 e. The average Bonchev–Trinajstić information content (AvgIpc) is 3.25. The standard InChI is InChI=1S/C19H13BrN6/c1-12(2)26-17(14(7-21)8-22)19(11-25)16(18(19,9-23)10-24)13-4-3-5-15(20)6-13/h3-6,12,16,26H,1-2H3/t16-,19+/m0/s1. The first-order chi connectivity index (χ1) is 12.4. The van der Waals surface area contributed by atoms with Gasteiger partial charge in [0.1, 0.15) is 23.1 Å². The lowest BCUT2D eigenvalue weighted by atomic mass is 9.89. The molecule has 1 aromatic rings. The van der Waals surface area contributed by atoms with Gasteiger partial charge in [0.05, 0.1) is 23.9 Å². The summed E-state index contributed by atoms with van der Waals surface area (Å²) in [6, 6.07) is 16.4. The molecule has 0 unspecified atom stereocenters.